The van der Waals surface area contributed by atoms with Crippen LogP contribution >= 0.6 is 0 Å². The number of nitrogens with zero attached hydrogens (tertiary/aromatic N) is 2. The van der Waals surface area contributed by atoms with Crippen molar-refractivity contribution in [3.8, 4) is 6.07 Å². The molecule has 0 amide bonds. The first-order chi connectivity index (χ1) is 15.8. The van der Waals surface area contributed by atoms with Gasteiger partial charge in [-0.3, -0.25) is 0 Å². The van der Waals surface area contributed by atoms with Gasteiger partial charge >= 0.3 is 5.97 Å². The lowest BCUT2D eigenvalue weighted by molar-refractivity contribution is 0.0600. The molecular formula is C29H34N2O2. The molecule has 0 saturated carbocycles. The number of hydrogen-bond acceptors (Lipinski definition) is 4. The standard InChI is InChI=1S/C27H28N2O2.C2H6/c1-26(2)23(20-7-9-21(10-8-20)25(30)31-4)13-15-27(3)18-29(16-14-24(26)27)22-11-5-19(17-28)6-12-22;1-2/h5-14H,15-16,18H2,1-4H3;1-2H3. The molecular weight excluding hydrogens is 408 g/mol. The van der Waals surface area contributed by atoms with Crippen LogP contribution in [0.2, 0.25) is 0 Å². The number of esters is 1. The summed E-state index contributed by atoms with van der Waals surface area (Å²) in [5.41, 5.74) is 6.28. The molecule has 1 aliphatic carbocycles. The molecule has 4 rings (SSSR count). The number of rotatable bonds is 3. The second-order valence-electron chi connectivity index (χ2n) is 9.23. The zero-order valence-electron chi connectivity index (χ0n) is 20.6. The molecule has 33 heavy (non-hydrogen) atoms. The summed E-state index contributed by atoms with van der Waals surface area (Å²) in [6.45, 7) is 12.7. The zero-order valence-corrected chi connectivity index (χ0v) is 20.6. The highest BCUT2D eigenvalue weighted by molar-refractivity contribution is 5.90. The van der Waals surface area contributed by atoms with Gasteiger partial charge < -0.3 is 9.64 Å². The lowest BCUT2D eigenvalue weighted by atomic mass is 9.58. The lowest BCUT2D eigenvalue weighted by Gasteiger charge is -2.51. The second-order valence-corrected chi connectivity index (χ2v) is 9.23. The van der Waals surface area contributed by atoms with Crippen LogP contribution in [0.15, 0.2) is 66.3 Å². The molecule has 0 aromatic heterocycles. The van der Waals surface area contributed by atoms with E-state index in [0.29, 0.717) is 11.1 Å². The fourth-order valence-electron chi connectivity index (χ4n) is 5.26. The van der Waals surface area contributed by atoms with Crippen molar-refractivity contribution in [3.63, 3.8) is 0 Å². The minimum Gasteiger partial charge on any atom is -0.465 e. The predicted molar refractivity (Wildman–Crippen MR) is 135 cm³/mol. The van der Waals surface area contributed by atoms with Crippen molar-refractivity contribution in [1.29, 1.82) is 5.26 Å². The van der Waals surface area contributed by atoms with Crippen LogP contribution in [0.4, 0.5) is 5.69 Å². The molecule has 0 N–H and O–H groups in total. The van der Waals surface area contributed by atoms with E-state index in [1.807, 2.05) is 62.4 Å². The van der Waals surface area contributed by atoms with Gasteiger partial charge in [0, 0.05) is 29.6 Å². The van der Waals surface area contributed by atoms with Crippen molar-refractivity contribution >= 4 is 17.2 Å². The number of methoxy groups -OCH3 is 1. The van der Waals surface area contributed by atoms with Crippen LogP contribution in [-0.4, -0.2) is 26.2 Å². The van der Waals surface area contributed by atoms with Gasteiger partial charge in [0.05, 0.1) is 24.3 Å². The first-order valence-electron chi connectivity index (χ1n) is 11.6. The molecule has 2 aromatic rings. The number of fused-ring (bicyclic) bond motifs is 1. The maximum atomic E-state index is 11.8. The number of nitriles is 1. The summed E-state index contributed by atoms with van der Waals surface area (Å²) in [4.78, 5) is 14.2. The highest BCUT2D eigenvalue weighted by Crippen LogP contribution is 2.55. The fourth-order valence-corrected chi connectivity index (χ4v) is 5.26. The van der Waals surface area contributed by atoms with Gasteiger partial charge in [0.15, 0.2) is 0 Å². The van der Waals surface area contributed by atoms with Crippen LogP contribution in [-0.2, 0) is 4.74 Å². The quantitative estimate of drug-likeness (QED) is 0.395. The van der Waals surface area contributed by atoms with Gasteiger partial charge in [-0.05, 0) is 54.0 Å². The zero-order chi connectivity index (χ0) is 24.2. The van der Waals surface area contributed by atoms with Crippen LogP contribution in [0.5, 0.6) is 0 Å². The maximum absolute atomic E-state index is 11.8. The van der Waals surface area contributed by atoms with Gasteiger partial charge in [-0.15, -0.1) is 0 Å². The van der Waals surface area contributed by atoms with E-state index in [1.165, 1.54) is 18.3 Å². The maximum Gasteiger partial charge on any atom is 0.337 e. The predicted octanol–water partition coefficient (Wildman–Crippen LogP) is 6.64. The van der Waals surface area contributed by atoms with Crippen molar-refractivity contribution in [2.24, 2.45) is 10.8 Å². The molecule has 0 saturated heterocycles. The number of carbonyl (C=O) groups excluding carboxylic acids is 1. The van der Waals surface area contributed by atoms with E-state index in [-0.39, 0.29) is 16.8 Å². The van der Waals surface area contributed by atoms with Gasteiger partial charge in [0.2, 0.25) is 0 Å². The van der Waals surface area contributed by atoms with E-state index < -0.39 is 0 Å². The van der Waals surface area contributed by atoms with Crippen molar-refractivity contribution in [2.75, 3.05) is 25.1 Å². The number of benzene rings is 2. The summed E-state index contributed by atoms with van der Waals surface area (Å²) in [5, 5.41) is 9.06. The van der Waals surface area contributed by atoms with Crippen LogP contribution in [0.25, 0.3) is 5.57 Å². The van der Waals surface area contributed by atoms with Gasteiger partial charge in [-0.1, -0.05) is 64.5 Å². The third-order valence-corrected chi connectivity index (χ3v) is 6.79. The summed E-state index contributed by atoms with van der Waals surface area (Å²) >= 11 is 0. The minimum atomic E-state index is -0.311. The van der Waals surface area contributed by atoms with E-state index in [1.54, 1.807) is 0 Å². The average Bonchev–Trinajstić information content (AvgIpc) is 2.84. The number of hydrogen-bond donors (Lipinski definition) is 0. The lowest BCUT2D eigenvalue weighted by Crippen LogP contribution is -2.46. The number of carbonyl (C=O) groups is 1. The van der Waals surface area contributed by atoms with Crippen molar-refractivity contribution in [2.45, 2.75) is 41.0 Å². The molecule has 4 heteroatoms. The van der Waals surface area contributed by atoms with Crippen molar-refractivity contribution in [3.05, 3.63) is 82.9 Å². The first kappa shape index (κ1) is 24.3. The second kappa shape index (κ2) is 9.67. The van der Waals surface area contributed by atoms with Crippen LogP contribution in [0, 0.1) is 22.2 Å². The first-order valence-corrected chi connectivity index (χ1v) is 11.6. The Morgan fingerprint density at radius 2 is 1.64 bits per heavy atom. The molecule has 1 unspecified atom stereocenters. The summed E-state index contributed by atoms with van der Waals surface area (Å²) in [7, 11) is 1.40. The van der Waals surface area contributed by atoms with E-state index in [0.717, 1.165) is 30.8 Å². The number of ether oxygens (including phenoxy) is 1. The van der Waals surface area contributed by atoms with E-state index in [9.17, 15) is 4.79 Å². The molecule has 0 fully saturated rings. The molecule has 1 heterocycles. The Bertz CT molecular complexity index is 1100. The highest BCUT2D eigenvalue weighted by Gasteiger charge is 2.45. The Morgan fingerprint density at radius 3 is 2.21 bits per heavy atom. The van der Waals surface area contributed by atoms with Crippen LogP contribution in [0.3, 0.4) is 0 Å². The smallest absolute Gasteiger partial charge is 0.337 e. The fraction of sp³-hybridized carbons (Fsp3) is 0.379. The number of allylic oxidation sites excluding steroid dienone is 2. The third-order valence-electron chi connectivity index (χ3n) is 6.79. The topological polar surface area (TPSA) is 53.3 Å². The van der Waals surface area contributed by atoms with Crippen molar-refractivity contribution < 1.29 is 9.53 Å². The largest absolute Gasteiger partial charge is 0.465 e. The van der Waals surface area contributed by atoms with Gasteiger partial charge in [0.25, 0.3) is 0 Å². The highest BCUT2D eigenvalue weighted by atomic mass is 16.5. The average molecular weight is 443 g/mol. The van der Waals surface area contributed by atoms with Crippen molar-refractivity contribution in [1.82, 2.24) is 0 Å². The third kappa shape index (κ3) is 4.59. The molecule has 0 radical (unpaired) electrons. The molecule has 1 aliphatic heterocycles. The van der Waals surface area contributed by atoms with Crippen LogP contribution < -0.4 is 4.90 Å². The number of anilines is 1. The van der Waals surface area contributed by atoms with E-state index in [4.69, 9.17) is 10.00 Å². The molecule has 0 spiro atoms. The van der Waals surface area contributed by atoms with E-state index in [2.05, 4.69) is 43.9 Å². The van der Waals surface area contributed by atoms with Gasteiger partial charge in [0.1, 0.15) is 0 Å². The molecule has 4 nitrogen and oxygen atoms in total. The summed E-state index contributed by atoms with van der Waals surface area (Å²) < 4.78 is 4.82. The molecule has 0 bridgehead atoms. The van der Waals surface area contributed by atoms with Crippen LogP contribution in [0.1, 0.15) is 62.5 Å². The monoisotopic (exact) mass is 442 g/mol. The van der Waals surface area contributed by atoms with Gasteiger partial charge in [-0.25, -0.2) is 4.79 Å². The summed E-state index contributed by atoms with van der Waals surface area (Å²) in [5.74, 6) is -0.311. The SMILES string of the molecule is CC.COC(=O)c1ccc(C2=CCC3(C)CN(c4ccc(C#N)cc4)CC=C3C2(C)C)cc1. The molecule has 2 aliphatic rings. The van der Waals surface area contributed by atoms with E-state index >= 15 is 0 Å². The summed E-state index contributed by atoms with van der Waals surface area (Å²) in [6, 6.07) is 17.8. The Labute approximate surface area is 198 Å². The molecule has 172 valence electrons. The minimum absolute atomic E-state index is 0.0467. The van der Waals surface area contributed by atoms with Gasteiger partial charge in [-0.2, -0.15) is 5.26 Å². The normalized spacial score (nSPS) is 20.8. The Hall–Kier alpha value is -3.32. The Morgan fingerprint density at radius 1 is 1.00 bits per heavy atom. The Balaban J connectivity index is 0.00000149. The molecule has 2 aromatic carbocycles. The Kier molecular flexibility index (Phi) is 7.12. The molecule has 1 atom stereocenters. The summed E-state index contributed by atoms with van der Waals surface area (Å²) in [6.07, 6.45) is 5.72.